The minimum Gasteiger partial charge on any atom is -0.332 e. The van der Waals surface area contributed by atoms with Gasteiger partial charge in [0.2, 0.25) is 0 Å². The summed E-state index contributed by atoms with van der Waals surface area (Å²) >= 11 is 21.1. The first kappa shape index (κ1) is 18.2. The van der Waals surface area contributed by atoms with Crippen LogP contribution in [0, 0.1) is 0 Å². The molecule has 4 nitrogen and oxygen atoms in total. The minimum atomic E-state index is 0.409. The molecule has 0 saturated heterocycles. The molecule has 0 aliphatic heterocycles. The number of benzene rings is 2. The third kappa shape index (κ3) is 4.95. The summed E-state index contributed by atoms with van der Waals surface area (Å²) in [5, 5.41) is 12.1. The first-order valence-corrected chi connectivity index (χ1v) is 9.27. The number of rotatable bonds is 4. The fourth-order valence-electron chi connectivity index (χ4n) is 2.17. The maximum absolute atomic E-state index is 6.25. The average Bonchev–Trinajstić information content (AvgIpc) is 2.91. The number of thiocarbonyl (C=S) groups is 1. The third-order valence-electron chi connectivity index (χ3n) is 3.34. The monoisotopic (exact) mass is 454 g/mol. The van der Waals surface area contributed by atoms with Crippen LogP contribution in [-0.2, 0) is 6.54 Å². The van der Waals surface area contributed by atoms with E-state index in [0.29, 0.717) is 27.5 Å². The highest BCUT2D eigenvalue weighted by molar-refractivity contribution is 9.10. The summed E-state index contributed by atoms with van der Waals surface area (Å²) in [6, 6.07) is 15.3. The van der Waals surface area contributed by atoms with Gasteiger partial charge < -0.3 is 10.6 Å². The lowest BCUT2D eigenvalue weighted by Gasteiger charge is -2.09. The zero-order chi connectivity index (χ0) is 17.8. The van der Waals surface area contributed by atoms with E-state index in [1.54, 1.807) is 10.9 Å². The molecule has 0 fully saturated rings. The lowest BCUT2D eigenvalue weighted by atomic mass is 10.2. The molecule has 8 heteroatoms. The van der Waals surface area contributed by atoms with Crippen LogP contribution >= 0.6 is 51.3 Å². The summed E-state index contributed by atoms with van der Waals surface area (Å²) in [5.41, 5.74) is 1.83. The molecule has 0 amide bonds. The fraction of sp³-hybridized carbons (Fsp3) is 0.0588. The van der Waals surface area contributed by atoms with Crippen LogP contribution in [0.2, 0.25) is 10.0 Å². The number of nitrogens with zero attached hydrogens (tertiary/aromatic N) is 2. The second kappa shape index (κ2) is 8.19. The van der Waals surface area contributed by atoms with E-state index in [4.69, 9.17) is 35.4 Å². The Morgan fingerprint density at radius 1 is 1.04 bits per heavy atom. The van der Waals surface area contributed by atoms with Crippen molar-refractivity contribution in [1.29, 1.82) is 0 Å². The highest BCUT2D eigenvalue weighted by Gasteiger charge is 2.10. The molecule has 25 heavy (non-hydrogen) atoms. The van der Waals surface area contributed by atoms with Crippen LogP contribution in [0.25, 0.3) is 0 Å². The smallest absolute Gasteiger partial charge is 0.176 e. The number of aromatic nitrogens is 2. The summed E-state index contributed by atoms with van der Waals surface area (Å²) in [4.78, 5) is 0. The van der Waals surface area contributed by atoms with Crippen molar-refractivity contribution in [3.05, 3.63) is 74.8 Å². The summed E-state index contributed by atoms with van der Waals surface area (Å²) in [7, 11) is 0. The van der Waals surface area contributed by atoms with Gasteiger partial charge in [0.15, 0.2) is 10.9 Å². The Balaban J connectivity index is 1.67. The Hall–Kier alpha value is -1.60. The van der Waals surface area contributed by atoms with Gasteiger partial charge in [-0.3, -0.25) is 4.68 Å². The Labute approximate surface area is 169 Å². The molecular formula is C17H13BrCl2N4S. The van der Waals surface area contributed by atoms with E-state index in [9.17, 15) is 0 Å². The molecule has 0 atom stereocenters. The van der Waals surface area contributed by atoms with E-state index in [1.165, 1.54) is 0 Å². The number of nitrogens with one attached hydrogen (secondary N) is 2. The second-order valence-corrected chi connectivity index (χ2v) is 7.34. The van der Waals surface area contributed by atoms with Gasteiger partial charge in [0.25, 0.3) is 0 Å². The van der Waals surface area contributed by atoms with Crippen molar-refractivity contribution in [2.75, 3.05) is 10.6 Å². The van der Waals surface area contributed by atoms with Crippen LogP contribution in [0.5, 0.6) is 0 Å². The maximum Gasteiger partial charge on any atom is 0.176 e. The van der Waals surface area contributed by atoms with Gasteiger partial charge in [-0.05, 0) is 48.1 Å². The van der Waals surface area contributed by atoms with Crippen LogP contribution in [-0.4, -0.2) is 14.9 Å². The number of anilines is 2. The lowest BCUT2D eigenvalue weighted by molar-refractivity contribution is 0.690. The van der Waals surface area contributed by atoms with E-state index < -0.39 is 0 Å². The van der Waals surface area contributed by atoms with Gasteiger partial charge in [-0.1, -0.05) is 57.3 Å². The third-order valence-corrected chi connectivity index (χ3v) is 4.72. The molecule has 3 aromatic rings. The van der Waals surface area contributed by atoms with E-state index in [0.717, 1.165) is 15.7 Å². The van der Waals surface area contributed by atoms with Crippen molar-refractivity contribution < 1.29 is 0 Å². The summed E-state index contributed by atoms with van der Waals surface area (Å²) in [6.07, 6.45) is 1.73. The number of hydrogen-bond acceptors (Lipinski definition) is 2. The quantitative estimate of drug-likeness (QED) is 0.487. The van der Waals surface area contributed by atoms with Gasteiger partial charge in [-0.15, -0.1) is 0 Å². The molecular weight excluding hydrogens is 443 g/mol. The first-order valence-electron chi connectivity index (χ1n) is 7.31. The topological polar surface area (TPSA) is 41.9 Å². The molecule has 3 rings (SSSR count). The largest absolute Gasteiger partial charge is 0.332 e. The predicted octanol–water partition coefficient (Wildman–Crippen LogP) is 5.81. The van der Waals surface area contributed by atoms with Gasteiger partial charge in [-0.2, -0.15) is 5.10 Å². The van der Waals surface area contributed by atoms with Gasteiger partial charge in [0.05, 0.1) is 6.54 Å². The molecule has 0 aliphatic carbocycles. The van der Waals surface area contributed by atoms with Crippen LogP contribution in [0.1, 0.15) is 5.56 Å². The lowest BCUT2D eigenvalue weighted by Crippen LogP contribution is -2.19. The molecule has 2 N–H and O–H groups in total. The summed E-state index contributed by atoms with van der Waals surface area (Å²) in [6.45, 7) is 0.522. The Kier molecular flexibility index (Phi) is 5.96. The van der Waals surface area contributed by atoms with Crippen molar-refractivity contribution in [1.82, 2.24) is 9.78 Å². The number of halogens is 3. The van der Waals surface area contributed by atoms with Gasteiger partial charge in [0.1, 0.15) is 5.02 Å². The van der Waals surface area contributed by atoms with Crippen LogP contribution in [0.4, 0.5) is 11.5 Å². The molecule has 128 valence electrons. The van der Waals surface area contributed by atoms with Crippen LogP contribution in [0.15, 0.2) is 59.2 Å². The van der Waals surface area contributed by atoms with Crippen molar-refractivity contribution in [3.63, 3.8) is 0 Å². The molecule has 0 radical (unpaired) electrons. The molecule has 1 aromatic heterocycles. The van der Waals surface area contributed by atoms with Gasteiger partial charge >= 0.3 is 0 Å². The fourth-order valence-corrected chi connectivity index (χ4v) is 3.04. The summed E-state index contributed by atoms with van der Waals surface area (Å²) in [5.74, 6) is 0.489. The molecule has 0 aliphatic rings. The normalized spacial score (nSPS) is 10.5. The van der Waals surface area contributed by atoms with E-state index in [2.05, 4.69) is 31.7 Å². The van der Waals surface area contributed by atoms with Crippen molar-refractivity contribution in [2.24, 2.45) is 0 Å². The van der Waals surface area contributed by atoms with Crippen molar-refractivity contribution >= 4 is 68.0 Å². The minimum absolute atomic E-state index is 0.409. The zero-order valence-corrected chi connectivity index (χ0v) is 16.8. The Bertz CT molecular complexity index is 896. The van der Waals surface area contributed by atoms with E-state index in [1.807, 2.05) is 48.5 Å². The van der Waals surface area contributed by atoms with E-state index >= 15 is 0 Å². The molecule has 0 saturated carbocycles. The Morgan fingerprint density at radius 2 is 1.76 bits per heavy atom. The van der Waals surface area contributed by atoms with E-state index in [-0.39, 0.29) is 0 Å². The highest BCUT2D eigenvalue weighted by atomic mass is 79.9. The van der Waals surface area contributed by atoms with Crippen LogP contribution < -0.4 is 10.6 Å². The SMILES string of the molecule is S=C(Nc1ccc(Br)cc1)Nc1nn(Cc2ccccc2Cl)cc1Cl. The summed E-state index contributed by atoms with van der Waals surface area (Å²) < 4.78 is 2.71. The second-order valence-electron chi connectivity index (χ2n) is 5.20. The Morgan fingerprint density at radius 3 is 2.48 bits per heavy atom. The predicted molar refractivity (Wildman–Crippen MR) is 112 cm³/mol. The average molecular weight is 456 g/mol. The number of hydrogen-bond donors (Lipinski definition) is 2. The van der Waals surface area contributed by atoms with Gasteiger partial charge in [-0.25, -0.2) is 0 Å². The molecule has 2 aromatic carbocycles. The molecule has 0 spiro atoms. The highest BCUT2D eigenvalue weighted by Crippen LogP contribution is 2.22. The molecule has 0 bridgehead atoms. The molecule has 1 heterocycles. The van der Waals surface area contributed by atoms with Crippen molar-refractivity contribution in [2.45, 2.75) is 6.54 Å². The molecule has 0 unspecified atom stereocenters. The standard InChI is InChI=1S/C17H13BrCl2N4S/c18-12-5-7-13(8-6-12)21-17(25)22-16-15(20)10-24(23-16)9-11-3-1-2-4-14(11)19/h1-8,10H,9H2,(H2,21,22,23,25). The zero-order valence-electron chi connectivity index (χ0n) is 12.8. The van der Waals surface area contributed by atoms with Gasteiger partial charge in [0, 0.05) is 21.4 Å². The first-order chi connectivity index (χ1) is 12.0. The maximum atomic E-state index is 6.25. The van der Waals surface area contributed by atoms with Crippen molar-refractivity contribution in [3.8, 4) is 0 Å². The van der Waals surface area contributed by atoms with Crippen LogP contribution in [0.3, 0.4) is 0 Å².